The Hall–Kier alpha value is -0.916. The second-order valence-corrected chi connectivity index (χ2v) is 10.8. The minimum Gasteiger partial charge on any atom is -0.400 e. The van der Waals surface area contributed by atoms with E-state index in [1.54, 1.807) is 12.4 Å². The summed E-state index contributed by atoms with van der Waals surface area (Å²) in [5.41, 5.74) is 1.33. The Bertz CT molecular complexity index is 807. The van der Waals surface area contributed by atoms with Crippen molar-refractivity contribution in [3.63, 3.8) is 0 Å². The lowest BCUT2D eigenvalue weighted by atomic mass is 9.79. The van der Waals surface area contributed by atoms with E-state index in [9.17, 15) is 4.79 Å². The molecule has 0 amide bonds. The van der Waals surface area contributed by atoms with Crippen LogP contribution in [-0.4, -0.2) is 58.6 Å². The maximum absolute atomic E-state index is 12.8. The zero-order chi connectivity index (χ0) is 20.9. The van der Waals surface area contributed by atoms with Crippen molar-refractivity contribution in [2.45, 2.75) is 59.0 Å². The van der Waals surface area contributed by atoms with Crippen molar-refractivity contribution in [3.8, 4) is 0 Å². The van der Waals surface area contributed by atoms with Crippen molar-refractivity contribution in [2.24, 2.45) is 5.41 Å². The number of Topliss-reactive ketones (excluding diaryl/α,β-unsaturated/α-hetero) is 1. The van der Waals surface area contributed by atoms with Crippen LogP contribution < -0.4 is 5.32 Å². The second kappa shape index (κ2) is 9.72. The van der Waals surface area contributed by atoms with E-state index in [-0.39, 0.29) is 29.6 Å². The molecule has 0 aliphatic heterocycles. The molecule has 0 radical (unpaired) electrons. The molecule has 2 N–H and O–H groups in total. The molecule has 7 nitrogen and oxygen atoms in total. The van der Waals surface area contributed by atoms with Gasteiger partial charge in [-0.05, 0) is 36.2 Å². The Balaban J connectivity index is 2.04. The van der Waals surface area contributed by atoms with Crippen LogP contribution in [0, 0.1) is 5.41 Å². The van der Waals surface area contributed by atoms with E-state index in [1.807, 2.05) is 0 Å². The van der Waals surface area contributed by atoms with Crippen LogP contribution in [0.1, 0.15) is 44.5 Å². The van der Waals surface area contributed by atoms with Crippen molar-refractivity contribution >= 4 is 52.4 Å². The zero-order valence-corrected chi connectivity index (χ0v) is 22.0. The average molecular weight is 488 g/mol. The molecule has 0 saturated carbocycles. The van der Waals surface area contributed by atoms with Crippen LogP contribution in [0.5, 0.6) is 0 Å². The molecule has 2 aromatic rings. The molecule has 0 aliphatic carbocycles. The van der Waals surface area contributed by atoms with Crippen LogP contribution in [0.2, 0.25) is 13.1 Å². The van der Waals surface area contributed by atoms with Crippen LogP contribution in [0.15, 0.2) is 17.0 Å². The molecule has 0 spiro atoms. The molecular formula is C18H31BrN4O3Si2. The third-order valence-electron chi connectivity index (χ3n) is 4.55. The van der Waals surface area contributed by atoms with Gasteiger partial charge in [0.2, 0.25) is 0 Å². The fraction of sp³-hybridized carbons (Fsp3) is 0.611. The van der Waals surface area contributed by atoms with Gasteiger partial charge >= 0.3 is 0 Å². The number of nitrogens with one attached hydrogen (secondary N) is 2. The van der Waals surface area contributed by atoms with Gasteiger partial charge in [0.1, 0.15) is 16.4 Å². The number of H-pyrrole nitrogens is 1. The largest absolute Gasteiger partial charge is 0.400 e. The summed E-state index contributed by atoms with van der Waals surface area (Å²) < 4.78 is 12.5. The number of carbonyl (C=O) groups excluding carboxylic acids is 1. The predicted molar refractivity (Wildman–Crippen MR) is 121 cm³/mol. The third kappa shape index (κ3) is 6.04. The molecule has 2 aromatic heterocycles. The Kier molecular flexibility index (Phi) is 8.11. The summed E-state index contributed by atoms with van der Waals surface area (Å²) in [7, 11) is -1.12. The number of aromatic amines is 1. The number of halogens is 1. The summed E-state index contributed by atoms with van der Waals surface area (Å²) in [5.74, 6) is -0.0180. The fourth-order valence-corrected chi connectivity index (χ4v) is 5.76. The zero-order valence-electron chi connectivity index (χ0n) is 17.6. The number of hydrogen-bond donors (Lipinski definition) is 2. The van der Waals surface area contributed by atoms with Gasteiger partial charge in [-0.25, -0.2) is 9.97 Å². The van der Waals surface area contributed by atoms with Crippen LogP contribution >= 0.6 is 15.9 Å². The van der Waals surface area contributed by atoms with Gasteiger partial charge in [0, 0.05) is 17.2 Å². The number of carbonyl (C=O) groups is 1. The summed E-state index contributed by atoms with van der Waals surface area (Å²) in [6.07, 6.45) is 3.93. The molecule has 0 unspecified atom stereocenters. The fourth-order valence-electron chi connectivity index (χ4n) is 3.58. The van der Waals surface area contributed by atoms with E-state index in [0.717, 1.165) is 6.42 Å². The van der Waals surface area contributed by atoms with Crippen molar-refractivity contribution < 1.29 is 13.6 Å². The molecule has 0 aliphatic rings. The molecule has 156 valence electrons. The lowest BCUT2D eigenvalue weighted by Crippen LogP contribution is -2.49. The number of ketones is 1. The Morgan fingerprint density at radius 3 is 2.54 bits per heavy atom. The number of aromatic nitrogens is 3. The highest BCUT2D eigenvalue weighted by Crippen LogP contribution is 2.33. The van der Waals surface area contributed by atoms with E-state index in [1.165, 1.54) is 0 Å². The summed E-state index contributed by atoms with van der Waals surface area (Å²) in [4.78, 5) is 24.4. The SMILES string of the molecule is C[SiH2]OC(O[SiH2]C)C(C)(C)CC(C)(C)NCC(=O)c1c[nH]c2ncc(Br)nc12. The first-order valence-electron chi connectivity index (χ1n) is 9.60. The predicted octanol–water partition coefficient (Wildman–Crippen LogP) is 2.31. The van der Waals surface area contributed by atoms with Gasteiger partial charge in [0.25, 0.3) is 0 Å². The molecule has 0 aromatic carbocycles. The van der Waals surface area contributed by atoms with Gasteiger partial charge < -0.3 is 19.2 Å². The summed E-state index contributed by atoms with van der Waals surface area (Å²) in [6.45, 7) is 13.0. The Morgan fingerprint density at radius 2 is 1.93 bits per heavy atom. The van der Waals surface area contributed by atoms with E-state index in [2.05, 4.69) is 77.0 Å². The third-order valence-corrected chi connectivity index (χ3v) is 6.21. The van der Waals surface area contributed by atoms with Gasteiger partial charge in [-0.2, -0.15) is 0 Å². The molecule has 2 rings (SSSR count). The maximum Gasteiger partial charge on any atom is 0.180 e. The number of hydrogen-bond acceptors (Lipinski definition) is 6. The normalized spacial score (nSPS) is 14.7. The van der Waals surface area contributed by atoms with Gasteiger partial charge in [-0.1, -0.05) is 26.9 Å². The number of nitrogens with zero attached hydrogens (tertiary/aromatic N) is 2. The Morgan fingerprint density at radius 1 is 1.29 bits per heavy atom. The molecule has 0 fully saturated rings. The van der Waals surface area contributed by atoms with Crippen LogP contribution in [-0.2, 0) is 8.85 Å². The number of rotatable bonds is 11. The molecular weight excluding hydrogens is 456 g/mol. The monoisotopic (exact) mass is 486 g/mol. The highest BCUT2D eigenvalue weighted by atomic mass is 79.9. The van der Waals surface area contributed by atoms with Crippen molar-refractivity contribution in [3.05, 3.63) is 22.6 Å². The number of fused-ring (bicyclic) bond motifs is 1. The van der Waals surface area contributed by atoms with Gasteiger partial charge in [0.05, 0.1) is 18.3 Å². The van der Waals surface area contributed by atoms with Crippen molar-refractivity contribution in [1.82, 2.24) is 20.3 Å². The highest BCUT2D eigenvalue weighted by molar-refractivity contribution is 9.10. The maximum atomic E-state index is 12.8. The van der Waals surface area contributed by atoms with E-state index in [0.29, 0.717) is 21.3 Å². The quantitative estimate of drug-likeness (QED) is 0.287. The smallest absolute Gasteiger partial charge is 0.180 e. The molecule has 2 heterocycles. The molecule has 0 bridgehead atoms. The second-order valence-electron chi connectivity index (χ2n) is 8.16. The first kappa shape index (κ1) is 23.4. The molecule has 0 saturated heterocycles. The van der Waals surface area contributed by atoms with Crippen molar-refractivity contribution in [2.75, 3.05) is 6.54 Å². The molecule has 28 heavy (non-hydrogen) atoms. The molecule has 0 atom stereocenters. The minimum atomic E-state index is -0.561. The van der Waals surface area contributed by atoms with Crippen LogP contribution in [0.4, 0.5) is 0 Å². The standard InChI is InChI=1S/C18H31BrN4O3Si2/c1-17(2,16(25-27-5)26-28-6)10-18(3,4)22-8-12(24)11-7-20-15-14(11)23-13(19)9-21-15/h7,9,16,22H,8,10,27-28H2,1-6H3,(H,20,21). The lowest BCUT2D eigenvalue weighted by Gasteiger charge is -2.40. The first-order chi connectivity index (χ1) is 13.1. The van der Waals surface area contributed by atoms with Crippen LogP contribution in [0.3, 0.4) is 0 Å². The van der Waals surface area contributed by atoms with Gasteiger partial charge in [0.15, 0.2) is 31.0 Å². The Labute approximate surface area is 179 Å². The van der Waals surface area contributed by atoms with Gasteiger partial charge in [-0.15, -0.1) is 0 Å². The van der Waals surface area contributed by atoms with E-state index >= 15 is 0 Å². The summed E-state index contributed by atoms with van der Waals surface area (Å²) in [5, 5.41) is 3.41. The van der Waals surface area contributed by atoms with E-state index < -0.39 is 19.5 Å². The minimum absolute atomic E-state index is 0.0180. The highest BCUT2D eigenvalue weighted by Gasteiger charge is 2.36. The lowest BCUT2D eigenvalue weighted by molar-refractivity contribution is -0.0898. The van der Waals surface area contributed by atoms with Crippen LogP contribution in [0.25, 0.3) is 11.2 Å². The average Bonchev–Trinajstić information content (AvgIpc) is 3.01. The topological polar surface area (TPSA) is 89.1 Å². The molecule has 10 heteroatoms. The first-order valence-corrected chi connectivity index (χ1v) is 14.4. The summed E-state index contributed by atoms with van der Waals surface area (Å²) >= 11 is 3.31. The van der Waals surface area contributed by atoms with Crippen molar-refractivity contribution in [1.29, 1.82) is 0 Å². The van der Waals surface area contributed by atoms with E-state index in [4.69, 9.17) is 8.85 Å². The van der Waals surface area contributed by atoms with Gasteiger partial charge in [-0.3, -0.25) is 4.79 Å². The summed E-state index contributed by atoms with van der Waals surface area (Å²) in [6, 6.07) is 0.